The second-order valence-corrected chi connectivity index (χ2v) is 4.92. The third-order valence-electron chi connectivity index (χ3n) is 2.72. The van der Waals surface area contributed by atoms with Crippen LogP contribution in [0.5, 0.6) is 0 Å². The van der Waals surface area contributed by atoms with E-state index < -0.39 is 0 Å². The molecule has 0 aliphatic carbocycles. The number of H-pyrrole nitrogens is 1. The lowest BCUT2D eigenvalue weighted by Crippen LogP contribution is -2.08. The highest BCUT2D eigenvalue weighted by molar-refractivity contribution is 9.10. The lowest BCUT2D eigenvalue weighted by Gasteiger charge is -2.04. The largest absolute Gasteiger partial charge is 0.383 e. The zero-order valence-corrected chi connectivity index (χ0v) is 12.0. The van der Waals surface area contributed by atoms with E-state index in [-0.39, 0.29) is 0 Å². The van der Waals surface area contributed by atoms with Crippen LogP contribution in [0.2, 0.25) is 0 Å². The van der Waals surface area contributed by atoms with Gasteiger partial charge in [0.2, 0.25) is 0 Å². The van der Waals surface area contributed by atoms with E-state index in [9.17, 15) is 0 Å². The first-order valence-electron chi connectivity index (χ1n) is 5.76. The molecule has 0 spiro atoms. The van der Waals surface area contributed by atoms with Gasteiger partial charge >= 0.3 is 0 Å². The molecule has 1 aromatic heterocycles. The van der Waals surface area contributed by atoms with Crippen molar-refractivity contribution in [3.8, 4) is 11.3 Å². The average Bonchev–Trinajstić information content (AvgIpc) is 2.72. The van der Waals surface area contributed by atoms with Crippen molar-refractivity contribution in [3.05, 3.63) is 34.3 Å². The number of nitrogens with one attached hydrogen (secondary N) is 2. The van der Waals surface area contributed by atoms with Crippen molar-refractivity contribution in [2.45, 2.75) is 6.92 Å². The maximum atomic E-state index is 5.00. The van der Waals surface area contributed by atoms with Crippen LogP contribution in [-0.2, 0) is 4.74 Å². The fourth-order valence-corrected chi connectivity index (χ4v) is 2.17. The monoisotopic (exact) mass is 309 g/mol. The summed E-state index contributed by atoms with van der Waals surface area (Å²) in [7, 11) is 1.69. The normalized spacial score (nSPS) is 10.6. The molecule has 1 aromatic carbocycles. The fourth-order valence-electron chi connectivity index (χ4n) is 1.77. The van der Waals surface area contributed by atoms with E-state index in [4.69, 9.17) is 4.74 Å². The summed E-state index contributed by atoms with van der Waals surface area (Å²) in [5, 5.41) is 10.6. The van der Waals surface area contributed by atoms with Crippen molar-refractivity contribution in [1.29, 1.82) is 0 Å². The number of rotatable bonds is 5. The van der Waals surface area contributed by atoms with Crippen molar-refractivity contribution in [1.82, 2.24) is 10.2 Å². The molecule has 96 valence electrons. The van der Waals surface area contributed by atoms with E-state index in [1.165, 1.54) is 0 Å². The molecule has 4 nitrogen and oxygen atoms in total. The lowest BCUT2D eigenvalue weighted by molar-refractivity contribution is 0.210. The van der Waals surface area contributed by atoms with E-state index >= 15 is 0 Å². The van der Waals surface area contributed by atoms with E-state index in [0.29, 0.717) is 6.61 Å². The topological polar surface area (TPSA) is 49.9 Å². The first-order valence-corrected chi connectivity index (χ1v) is 6.55. The van der Waals surface area contributed by atoms with Crippen LogP contribution in [0, 0.1) is 6.92 Å². The highest BCUT2D eigenvalue weighted by Gasteiger charge is 2.10. The molecule has 0 aliphatic rings. The molecule has 0 fully saturated rings. The van der Waals surface area contributed by atoms with Crippen molar-refractivity contribution in [2.24, 2.45) is 0 Å². The van der Waals surface area contributed by atoms with Gasteiger partial charge in [-0.05, 0) is 19.1 Å². The van der Waals surface area contributed by atoms with E-state index in [1.54, 1.807) is 7.11 Å². The van der Waals surface area contributed by atoms with Crippen LogP contribution < -0.4 is 5.32 Å². The van der Waals surface area contributed by atoms with E-state index in [1.807, 2.05) is 12.1 Å². The Kier molecular flexibility index (Phi) is 4.38. The van der Waals surface area contributed by atoms with Gasteiger partial charge in [-0.2, -0.15) is 5.10 Å². The number of aromatic amines is 1. The zero-order valence-electron chi connectivity index (χ0n) is 10.5. The average molecular weight is 310 g/mol. The summed E-state index contributed by atoms with van der Waals surface area (Å²) < 4.78 is 6.06. The van der Waals surface area contributed by atoms with Gasteiger partial charge in [0.25, 0.3) is 0 Å². The third kappa shape index (κ3) is 2.91. The number of anilines is 1. The Hall–Kier alpha value is -1.33. The summed E-state index contributed by atoms with van der Waals surface area (Å²) in [6.07, 6.45) is 0. The molecule has 0 bridgehead atoms. The summed E-state index contributed by atoms with van der Waals surface area (Å²) >= 11 is 3.48. The third-order valence-corrected chi connectivity index (χ3v) is 3.21. The van der Waals surface area contributed by atoms with Crippen LogP contribution in [0.3, 0.4) is 0 Å². The Morgan fingerprint density at radius 3 is 3.00 bits per heavy atom. The molecule has 5 heteroatoms. The number of hydrogen-bond donors (Lipinski definition) is 2. The summed E-state index contributed by atoms with van der Waals surface area (Å²) in [6, 6.07) is 8.15. The van der Waals surface area contributed by atoms with Gasteiger partial charge in [0.1, 0.15) is 0 Å². The van der Waals surface area contributed by atoms with Gasteiger partial charge in [-0.15, -0.1) is 0 Å². The van der Waals surface area contributed by atoms with E-state index in [0.717, 1.165) is 33.7 Å². The van der Waals surface area contributed by atoms with Crippen LogP contribution in [0.1, 0.15) is 5.56 Å². The minimum Gasteiger partial charge on any atom is -0.383 e. The van der Waals surface area contributed by atoms with Gasteiger partial charge in [-0.3, -0.25) is 5.10 Å². The molecule has 0 amide bonds. The van der Waals surface area contributed by atoms with Gasteiger partial charge in [0, 0.05) is 29.3 Å². The Balaban J connectivity index is 2.20. The summed E-state index contributed by atoms with van der Waals surface area (Å²) in [5.74, 6) is 0.877. The molecular formula is C13H16BrN3O. The lowest BCUT2D eigenvalue weighted by atomic mass is 10.1. The highest BCUT2D eigenvalue weighted by atomic mass is 79.9. The summed E-state index contributed by atoms with van der Waals surface area (Å²) in [6.45, 7) is 3.47. The minimum absolute atomic E-state index is 0.665. The molecule has 0 saturated heterocycles. The standard InChI is InChI=1S/C13H16BrN3O/c1-9-12(10-4-3-5-11(14)8-10)16-17-13(9)15-6-7-18-2/h3-5,8H,6-7H2,1-2H3,(H2,15,16,17). The van der Waals surface area contributed by atoms with Crippen molar-refractivity contribution >= 4 is 21.7 Å². The Bertz CT molecular complexity index is 525. The molecule has 0 atom stereocenters. The van der Waals surface area contributed by atoms with Crippen molar-refractivity contribution in [2.75, 3.05) is 25.6 Å². The number of benzene rings is 1. The van der Waals surface area contributed by atoms with Gasteiger partial charge in [-0.25, -0.2) is 0 Å². The molecule has 18 heavy (non-hydrogen) atoms. The maximum Gasteiger partial charge on any atom is 0.151 e. The number of hydrogen-bond acceptors (Lipinski definition) is 3. The summed E-state index contributed by atoms with van der Waals surface area (Å²) in [4.78, 5) is 0. The molecule has 0 saturated carbocycles. The van der Waals surface area contributed by atoms with Crippen molar-refractivity contribution < 1.29 is 4.74 Å². The Morgan fingerprint density at radius 2 is 2.28 bits per heavy atom. The fraction of sp³-hybridized carbons (Fsp3) is 0.308. The second-order valence-electron chi connectivity index (χ2n) is 4.00. The molecule has 2 aromatic rings. The number of aromatic nitrogens is 2. The van der Waals surface area contributed by atoms with Crippen LogP contribution >= 0.6 is 15.9 Å². The van der Waals surface area contributed by atoms with Crippen LogP contribution in [0.4, 0.5) is 5.82 Å². The van der Waals surface area contributed by atoms with Gasteiger partial charge in [0.05, 0.1) is 12.3 Å². The maximum absolute atomic E-state index is 5.00. The molecule has 0 aliphatic heterocycles. The quantitative estimate of drug-likeness (QED) is 0.834. The van der Waals surface area contributed by atoms with E-state index in [2.05, 4.69) is 50.5 Å². The first-order chi connectivity index (χ1) is 8.72. The number of halogens is 1. The molecule has 1 heterocycles. The number of methoxy groups -OCH3 is 1. The predicted molar refractivity (Wildman–Crippen MR) is 76.8 cm³/mol. The first kappa shape index (κ1) is 13.1. The molecular weight excluding hydrogens is 294 g/mol. The van der Waals surface area contributed by atoms with Crippen molar-refractivity contribution in [3.63, 3.8) is 0 Å². The van der Waals surface area contributed by atoms with Crippen LogP contribution in [0.25, 0.3) is 11.3 Å². The number of nitrogens with zero attached hydrogens (tertiary/aromatic N) is 1. The molecule has 2 rings (SSSR count). The van der Waals surface area contributed by atoms with Gasteiger partial charge < -0.3 is 10.1 Å². The highest BCUT2D eigenvalue weighted by Crippen LogP contribution is 2.27. The smallest absolute Gasteiger partial charge is 0.151 e. The molecule has 2 N–H and O–H groups in total. The SMILES string of the molecule is COCCNc1n[nH]c(-c2cccc(Br)c2)c1C. The van der Waals surface area contributed by atoms with Gasteiger partial charge in [0.15, 0.2) is 5.82 Å². The second kappa shape index (κ2) is 6.02. The number of ether oxygens (including phenoxy) is 1. The molecule has 0 radical (unpaired) electrons. The summed E-state index contributed by atoms with van der Waals surface area (Å²) in [5.41, 5.74) is 3.27. The van der Waals surface area contributed by atoms with Crippen LogP contribution in [-0.4, -0.2) is 30.5 Å². The Morgan fingerprint density at radius 1 is 1.44 bits per heavy atom. The minimum atomic E-state index is 0.665. The predicted octanol–water partition coefficient (Wildman–Crippen LogP) is 3.21. The zero-order chi connectivity index (χ0) is 13.0. The Labute approximate surface area is 115 Å². The van der Waals surface area contributed by atoms with Gasteiger partial charge in [-0.1, -0.05) is 28.1 Å². The van der Waals surface area contributed by atoms with Crippen LogP contribution in [0.15, 0.2) is 28.7 Å². The molecule has 0 unspecified atom stereocenters.